The second kappa shape index (κ2) is 9.24. The van der Waals surface area contributed by atoms with E-state index >= 15 is 0 Å². The van der Waals surface area contributed by atoms with Crippen molar-refractivity contribution in [3.63, 3.8) is 0 Å². The van der Waals surface area contributed by atoms with E-state index in [0.29, 0.717) is 0 Å². The van der Waals surface area contributed by atoms with Gasteiger partial charge in [-0.25, -0.2) is 0 Å². The molecule has 1 radical (unpaired) electrons. The van der Waals surface area contributed by atoms with Crippen LogP contribution in [0.15, 0.2) is 0 Å². The number of hydrogen-bond donors (Lipinski definition) is 0. The molecule has 0 fully saturated rings. The van der Waals surface area contributed by atoms with Crippen molar-refractivity contribution >= 4 is 30.1 Å². The van der Waals surface area contributed by atoms with Crippen molar-refractivity contribution in [2.45, 2.75) is 0 Å². The molecule has 25 valence electrons. The summed E-state index contributed by atoms with van der Waals surface area (Å²) in [5.74, 6) is 0. The van der Waals surface area contributed by atoms with Crippen molar-refractivity contribution in [3.8, 4) is 0 Å². The van der Waals surface area contributed by atoms with Crippen LogP contribution < -0.4 is 10.2 Å². The molecule has 0 atom stereocenters. The molecule has 5 heteroatoms. The van der Waals surface area contributed by atoms with Crippen molar-refractivity contribution in [1.82, 2.24) is 0 Å². The molecule has 0 heterocycles. The van der Waals surface area contributed by atoms with E-state index < -0.39 is 6.16 Å². The van der Waals surface area contributed by atoms with E-state index in [1.54, 1.807) is 0 Å². The topological polar surface area (TPSA) is 63.2 Å². The zero-order chi connectivity index (χ0) is 3.58. The van der Waals surface area contributed by atoms with Crippen molar-refractivity contribution < 1.29 is 36.7 Å². The van der Waals surface area contributed by atoms with Gasteiger partial charge in [0.25, 0.3) is 0 Å². The minimum atomic E-state index is -2.33. The molecule has 0 aliphatic heterocycles. The third kappa shape index (κ3) is 112. The van der Waals surface area contributed by atoms with Gasteiger partial charge >= 0.3 is 45.6 Å². The maximum absolute atomic E-state index is 8.33. The molecule has 0 saturated heterocycles. The Kier molecular flexibility index (Phi) is 24.4. The van der Waals surface area contributed by atoms with Gasteiger partial charge in [-0.05, 0) is 6.16 Å². The second-order valence-electron chi connectivity index (χ2n) is 0.250. The molecule has 6 heavy (non-hydrogen) atoms. The maximum Gasteiger partial charge on any atom is 4.00 e. The molecular formula is CO3SnTi+5. The minimum absolute atomic E-state index is 0. The van der Waals surface area contributed by atoms with E-state index in [4.69, 9.17) is 15.0 Å². The summed E-state index contributed by atoms with van der Waals surface area (Å²) in [6.45, 7) is 0. The quantitative estimate of drug-likeness (QED) is 0.419. The average Bonchev–Trinajstić information content (AvgIpc) is 0.811. The van der Waals surface area contributed by atoms with E-state index in [9.17, 15) is 0 Å². The van der Waals surface area contributed by atoms with E-state index in [-0.39, 0.29) is 45.6 Å². The van der Waals surface area contributed by atoms with Crippen molar-refractivity contribution in [2.24, 2.45) is 0 Å². The Bertz CT molecular complexity index is 33.8. The van der Waals surface area contributed by atoms with Gasteiger partial charge in [0.05, 0.1) is 0 Å². The molecule has 0 saturated carbocycles. The van der Waals surface area contributed by atoms with Gasteiger partial charge in [0.1, 0.15) is 0 Å². The Morgan fingerprint density at radius 1 is 1.33 bits per heavy atom. The van der Waals surface area contributed by atoms with Crippen LogP contribution in [0, 0.1) is 0 Å². The third-order valence-corrected chi connectivity index (χ3v) is 0. The fraction of sp³-hybridized carbons (Fsp3) is 0. The first kappa shape index (κ1) is 15.9. The van der Waals surface area contributed by atoms with Crippen LogP contribution in [0.4, 0.5) is 4.79 Å². The number of carbonyl (C=O) groups excluding carboxylic acids is 1. The minimum Gasteiger partial charge on any atom is -0.652 e. The fourth-order valence-electron chi connectivity index (χ4n) is 0. The first-order valence-electron chi connectivity index (χ1n) is 0.612. The zero-order valence-electron chi connectivity index (χ0n) is 2.72. The van der Waals surface area contributed by atoms with Crippen molar-refractivity contribution in [1.29, 1.82) is 0 Å². The molecule has 0 aromatic heterocycles. The molecule has 0 amide bonds. The van der Waals surface area contributed by atoms with Crippen LogP contribution in [0.5, 0.6) is 0 Å². The summed E-state index contributed by atoms with van der Waals surface area (Å²) in [4.78, 5) is 8.33. The summed E-state index contributed by atoms with van der Waals surface area (Å²) >= 11 is 0. The molecule has 0 bridgehead atoms. The summed E-state index contributed by atoms with van der Waals surface area (Å²) in [6, 6.07) is 0. The smallest absolute Gasteiger partial charge is 0.652 e. The molecule has 3 nitrogen and oxygen atoms in total. The Morgan fingerprint density at radius 3 is 1.33 bits per heavy atom. The molecule has 0 rings (SSSR count). The van der Waals surface area contributed by atoms with Crippen molar-refractivity contribution in [3.05, 3.63) is 0 Å². The average molecular weight is 227 g/mol. The maximum atomic E-state index is 8.33. The monoisotopic (exact) mass is 228 g/mol. The van der Waals surface area contributed by atoms with Gasteiger partial charge in [-0.2, -0.15) is 0 Å². The number of hydrogen-bond acceptors (Lipinski definition) is 3. The van der Waals surface area contributed by atoms with Crippen LogP contribution in [-0.4, -0.2) is 30.1 Å². The standard InChI is InChI=1S/CH2O3.Sn.Ti/c2-1(3)4;;/h(H2,2,3,4);;/q;+4;+3/p-2. The molecule has 0 aliphatic rings. The van der Waals surface area contributed by atoms with Gasteiger partial charge in [-0.15, -0.1) is 0 Å². The van der Waals surface area contributed by atoms with Crippen LogP contribution in [0.3, 0.4) is 0 Å². The first-order valence-corrected chi connectivity index (χ1v) is 0.612. The van der Waals surface area contributed by atoms with Gasteiger partial charge in [0.2, 0.25) is 0 Å². The molecule has 0 unspecified atom stereocenters. The summed E-state index contributed by atoms with van der Waals surface area (Å²) in [5.41, 5.74) is 0. The molecule has 0 aromatic rings. The summed E-state index contributed by atoms with van der Waals surface area (Å²) in [6.07, 6.45) is -2.33. The van der Waals surface area contributed by atoms with E-state index in [2.05, 4.69) is 0 Å². The van der Waals surface area contributed by atoms with Crippen LogP contribution in [0.2, 0.25) is 0 Å². The van der Waals surface area contributed by atoms with Crippen LogP contribution in [0.25, 0.3) is 0 Å². The van der Waals surface area contributed by atoms with Gasteiger partial charge < -0.3 is 15.0 Å². The van der Waals surface area contributed by atoms with Crippen molar-refractivity contribution in [2.75, 3.05) is 0 Å². The molecule has 0 N–H and O–H groups in total. The summed E-state index contributed by atoms with van der Waals surface area (Å²) < 4.78 is 0. The largest absolute Gasteiger partial charge is 4.00 e. The van der Waals surface area contributed by atoms with Gasteiger partial charge in [0.15, 0.2) is 0 Å². The Hall–Kier alpha value is 0.783. The predicted octanol–water partition coefficient (Wildman–Crippen LogP) is -2.83. The molecule has 0 aliphatic carbocycles. The van der Waals surface area contributed by atoms with E-state index in [1.807, 2.05) is 0 Å². The Balaban J connectivity index is -0.0000000450. The fourth-order valence-corrected chi connectivity index (χ4v) is 0. The van der Waals surface area contributed by atoms with E-state index in [0.717, 1.165) is 0 Å². The van der Waals surface area contributed by atoms with Crippen LogP contribution >= 0.6 is 0 Å². The predicted molar refractivity (Wildman–Crippen MR) is 11.1 cm³/mol. The summed E-state index contributed by atoms with van der Waals surface area (Å²) in [5, 5.41) is 16.7. The van der Waals surface area contributed by atoms with Gasteiger partial charge in [-0.1, -0.05) is 0 Å². The Labute approximate surface area is 66.6 Å². The number of carboxylic acid groups (broad SMARTS) is 2. The molecule has 0 spiro atoms. The molecule has 0 aromatic carbocycles. The third-order valence-electron chi connectivity index (χ3n) is 0. The van der Waals surface area contributed by atoms with Crippen LogP contribution in [-0.2, 0) is 21.7 Å². The second-order valence-corrected chi connectivity index (χ2v) is 0.250. The number of carbonyl (C=O) groups is 1. The first-order chi connectivity index (χ1) is 1.73. The van der Waals surface area contributed by atoms with E-state index in [1.165, 1.54) is 0 Å². The molecular weight excluding hydrogens is 227 g/mol. The number of rotatable bonds is 0. The zero-order valence-corrected chi connectivity index (χ0v) is 7.14. The normalized spacial score (nSPS) is 4.00. The SMILES string of the molecule is O=C([O-])[O-].[Sn+4].[Ti+3]. The van der Waals surface area contributed by atoms with Crippen LogP contribution in [0.1, 0.15) is 0 Å². The van der Waals surface area contributed by atoms with Gasteiger partial charge in [-0.3, -0.25) is 0 Å². The Morgan fingerprint density at radius 2 is 1.33 bits per heavy atom. The van der Waals surface area contributed by atoms with Gasteiger partial charge in [0, 0.05) is 0 Å². The summed E-state index contributed by atoms with van der Waals surface area (Å²) in [7, 11) is 0.